The lowest BCUT2D eigenvalue weighted by molar-refractivity contribution is 0.114. The first-order valence-corrected chi connectivity index (χ1v) is 17.6. The van der Waals surface area contributed by atoms with Crippen LogP contribution >= 0.6 is 0 Å². The highest BCUT2D eigenvalue weighted by Gasteiger charge is 2.03. The number of allylic oxidation sites excluding steroid dienone is 2. The van der Waals surface area contributed by atoms with E-state index in [1.165, 1.54) is 135 Å². The van der Waals surface area contributed by atoms with Gasteiger partial charge in [-0.1, -0.05) is 148 Å². The van der Waals surface area contributed by atoms with Crippen LogP contribution in [0.3, 0.4) is 0 Å². The quantitative estimate of drug-likeness (QED) is 0.0684. The van der Waals surface area contributed by atoms with E-state index in [2.05, 4.69) is 32.9 Å². The summed E-state index contributed by atoms with van der Waals surface area (Å²) in [5, 5.41) is 10.2. The first-order valence-electron chi connectivity index (χ1n) is 17.6. The molecule has 0 aromatic heterocycles. The topological polar surface area (TPSA) is 29.5 Å². The average Bonchev–Trinajstić information content (AvgIpc) is 2.90. The molecule has 0 rings (SSSR count). The van der Waals surface area contributed by atoms with Crippen molar-refractivity contribution in [1.29, 1.82) is 0 Å². The molecule has 0 aromatic rings. The van der Waals surface area contributed by atoms with Crippen molar-refractivity contribution in [1.82, 2.24) is 0 Å². The Morgan fingerprint density at radius 3 is 1.42 bits per heavy atom. The Labute approximate surface area is 241 Å². The lowest BCUT2D eigenvalue weighted by Crippen LogP contribution is -2.06. The van der Waals surface area contributed by atoms with E-state index in [0.717, 1.165) is 57.7 Å². The number of ether oxygens (including phenoxy) is 1. The Kier molecular flexibility index (Phi) is 32.6. The van der Waals surface area contributed by atoms with Crippen molar-refractivity contribution in [2.75, 3.05) is 13.2 Å². The average molecular weight is 537 g/mol. The third-order valence-corrected chi connectivity index (χ3v) is 7.95. The van der Waals surface area contributed by atoms with Gasteiger partial charge in [-0.2, -0.15) is 0 Å². The molecule has 0 heterocycles. The number of hydrogen-bond acceptors (Lipinski definition) is 2. The summed E-state index contributed by atoms with van der Waals surface area (Å²) >= 11 is 0. The predicted octanol–water partition coefficient (Wildman–Crippen LogP) is 12.1. The minimum absolute atomic E-state index is 0.124. The van der Waals surface area contributed by atoms with Crippen LogP contribution in [-0.2, 0) is 4.74 Å². The number of aliphatic hydroxyl groups is 1. The van der Waals surface area contributed by atoms with Gasteiger partial charge >= 0.3 is 0 Å². The highest BCUT2D eigenvalue weighted by atomic mass is 16.5. The summed E-state index contributed by atoms with van der Waals surface area (Å²) in [6.45, 7) is 8.73. The SMILES string of the molecule is CCCCCCCC/C=C\CCCC(O)CCCCOCCCCCCCCCCCCCCCC(C)C. The summed E-state index contributed by atoms with van der Waals surface area (Å²) in [5.41, 5.74) is 0. The maximum atomic E-state index is 10.2. The highest BCUT2D eigenvalue weighted by Crippen LogP contribution is 2.15. The summed E-state index contributed by atoms with van der Waals surface area (Å²) in [6, 6.07) is 0. The van der Waals surface area contributed by atoms with Crippen molar-refractivity contribution >= 4 is 0 Å². The molecular formula is C36H72O2. The van der Waals surface area contributed by atoms with Gasteiger partial charge in [-0.05, 0) is 63.7 Å². The normalized spacial score (nSPS) is 12.8. The lowest BCUT2D eigenvalue weighted by Gasteiger charge is -2.10. The fraction of sp³-hybridized carbons (Fsp3) is 0.944. The van der Waals surface area contributed by atoms with Crippen LogP contribution < -0.4 is 0 Å². The van der Waals surface area contributed by atoms with Gasteiger partial charge in [0.25, 0.3) is 0 Å². The number of unbranched alkanes of at least 4 members (excludes halogenated alkanes) is 20. The number of rotatable bonds is 32. The molecule has 0 radical (unpaired) electrons. The maximum absolute atomic E-state index is 10.2. The first-order chi connectivity index (χ1) is 18.7. The van der Waals surface area contributed by atoms with Crippen molar-refractivity contribution in [3.63, 3.8) is 0 Å². The Bertz CT molecular complexity index is 445. The molecule has 0 saturated carbocycles. The van der Waals surface area contributed by atoms with E-state index in [-0.39, 0.29) is 6.10 Å². The van der Waals surface area contributed by atoms with E-state index >= 15 is 0 Å². The van der Waals surface area contributed by atoms with E-state index < -0.39 is 0 Å². The summed E-state index contributed by atoms with van der Waals surface area (Å²) in [6.07, 6.45) is 40.0. The zero-order valence-corrected chi connectivity index (χ0v) is 26.7. The molecule has 0 spiro atoms. The molecule has 0 amide bonds. The van der Waals surface area contributed by atoms with E-state index in [9.17, 15) is 5.11 Å². The number of aliphatic hydroxyl groups excluding tert-OH is 1. The second kappa shape index (κ2) is 32.9. The largest absolute Gasteiger partial charge is 0.393 e. The molecule has 0 aliphatic carbocycles. The minimum Gasteiger partial charge on any atom is -0.393 e. The molecule has 1 unspecified atom stereocenters. The molecule has 228 valence electrons. The van der Waals surface area contributed by atoms with Crippen LogP contribution in [0.1, 0.15) is 194 Å². The van der Waals surface area contributed by atoms with Gasteiger partial charge in [0.05, 0.1) is 6.10 Å². The second-order valence-electron chi connectivity index (χ2n) is 12.5. The first kappa shape index (κ1) is 37.7. The van der Waals surface area contributed by atoms with Gasteiger partial charge in [-0.15, -0.1) is 0 Å². The van der Waals surface area contributed by atoms with Gasteiger partial charge in [0.15, 0.2) is 0 Å². The van der Waals surface area contributed by atoms with Gasteiger partial charge in [0.1, 0.15) is 0 Å². The Balaban J connectivity index is 3.17. The van der Waals surface area contributed by atoms with E-state index in [0.29, 0.717) is 0 Å². The Morgan fingerprint density at radius 2 is 0.868 bits per heavy atom. The Hall–Kier alpha value is -0.340. The maximum Gasteiger partial charge on any atom is 0.0540 e. The fourth-order valence-electron chi connectivity index (χ4n) is 5.28. The number of hydrogen-bond donors (Lipinski definition) is 1. The van der Waals surface area contributed by atoms with Crippen molar-refractivity contribution in [3.8, 4) is 0 Å². The zero-order chi connectivity index (χ0) is 27.8. The molecule has 0 aromatic carbocycles. The van der Waals surface area contributed by atoms with Gasteiger partial charge in [-0.3, -0.25) is 0 Å². The molecule has 0 saturated heterocycles. The van der Waals surface area contributed by atoms with E-state index in [1.807, 2.05) is 0 Å². The zero-order valence-electron chi connectivity index (χ0n) is 26.7. The summed E-state index contributed by atoms with van der Waals surface area (Å²) in [4.78, 5) is 0. The van der Waals surface area contributed by atoms with Crippen molar-refractivity contribution in [2.24, 2.45) is 5.92 Å². The van der Waals surface area contributed by atoms with Crippen molar-refractivity contribution in [3.05, 3.63) is 12.2 Å². The van der Waals surface area contributed by atoms with Gasteiger partial charge in [0, 0.05) is 13.2 Å². The van der Waals surface area contributed by atoms with Crippen LogP contribution in [0.2, 0.25) is 0 Å². The van der Waals surface area contributed by atoms with Crippen LogP contribution in [0.15, 0.2) is 12.2 Å². The predicted molar refractivity (Wildman–Crippen MR) is 171 cm³/mol. The third kappa shape index (κ3) is 33.7. The molecule has 0 aliphatic heterocycles. The monoisotopic (exact) mass is 537 g/mol. The van der Waals surface area contributed by atoms with Crippen LogP contribution in [-0.4, -0.2) is 24.4 Å². The Morgan fingerprint density at radius 1 is 0.474 bits per heavy atom. The van der Waals surface area contributed by atoms with Crippen molar-refractivity contribution in [2.45, 2.75) is 200 Å². The van der Waals surface area contributed by atoms with Crippen molar-refractivity contribution < 1.29 is 9.84 Å². The molecule has 1 N–H and O–H groups in total. The molecule has 1 atom stereocenters. The summed E-state index contributed by atoms with van der Waals surface area (Å²) < 4.78 is 5.82. The van der Waals surface area contributed by atoms with E-state index in [4.69, 9.17) is 4.74 Å². The van der Waals surface area contributed by atoms with Crippen LogP contribution in [0.4, 0.5) is 0 Å². The summed E-state index contributed by atoms with van der Waals surface area (Å²) in [5.74, 6) is 0.880. The van der Waals surface area contributed by atoms with Gasteiger partial charge < -0.3 is 9.84 Å². The van der Waals surface area contributed by atoms with Crippen LogP contribution in [0, 0.1) is 5.92 Å². The molecule has 0 fully saturated rings. The van der Waals surface area contributed by atoms with Gasteiger partial charge in [-0.25, -0.2) is 0 Å². The highest BCUT2D eigenvalue weighted by molar-refractivity contribution is 4.81. The molecule has 2 heteroatoms. The lowest BCUT2D eigenvalue weighted by atomic mass is 10.0. The summed E-state index contributed by atoms with van der Waals surface area (Å²) in [7, 11) is 0. The smallest absolute Gasteiger partial charge is 0.0540 e. The fourth-order valence-corrected chi connectivity index (χ4v) is 5.28. The standard InChI is InChI=1S/C36H72O2/c1-4-5-6-7-8-9-13-17-20-23-26-31-36(37)32-27-29-34-38-33-28-24-21-18-15-12-10-11-14-16-19-22-25-30-35(2)3/h17,20,35-37H,4-16,18-19,21-34H2,1-3H3/b20-17-. The molecule has 0 bridgehead atoms. The third-order valence-electron chi connectivity index (χ3n) is 7.95. The van der Waals surface area contributed by atoms with E-state index in [1.54, 1.807) is 0 Å². The minimum atomic E-state index is -0.124. The molecule has 2 nitrogen and oxygen atoms in total. The molecule has 38 heavy (non-hydrogen) atoms. The van der Waals surface area contributed by atoms with Crippen LogP contribution in [0.25, 0.3) is 0 Å². The molecule has 0 aliphatic rings. The van der Waals surface area contributed by atoms with Crippen LogP contribution in [0.5, 0.6) is 0 Å². The molecular weight excluding hydrogens is 464 g/mol. The second-order valence-corrected chi connectivity index (χ2v) is 12.5. The van der Waals surface area contributed by atoms with Gasteiger partial charge in [0.2, 0.25) is 0 Å².